The summed E-state index contributed by atoms with van der Waals surface area (Å²) in [6, 6.07) is 0. The van der Waals surface area contributed by atoms with Crippen molar-refractivity contribution < 1.29 is 9.53 Å². The molecule has 0 unspecified atom stereocenters. The smallest absolute Gasteiger partial charge is 0.317 e. The average Bonchev–Trinajstić information content (AvgIpc) is 3.11. The molecule has 0 saturated heterocycles. The molecule has 0 atom stereocenters. The molecule has 112 valence electrons. The van der Waals surface area contributed by atoms with Gasteiger partial charge >= 0.3 is 5.97 Å². The summed E-state index contributed by atoms with van der Waals surface area (Å²) in [4.78, 5) is 16.6. The predicted molar refractivity (Wildman–Crippen MR) is 82.2 cm³/mol. The van der Waals surface area contributed by atoms with E-state index < -0.39 is 5.41 Å². The van der Waals surface area contributed by atoms with Gasteiger partial charge in [-0.05, 0) is 53.4 Å². The Morgan fingerprint density at radius 2 is 2.10 bits per heavy atom. The molecule has 0 aromatic carbocycles. The number of ether oxygens (including phenoxy) is 1. The minimum Gasteiger partial charge on any atom is -0.465 e. The van der Waals surface area contributed by atoms with Crippen LogP contribution in [0, 0.1) is 5.92 Å². The lowest BCUT2D eigenvalue weighted by atomic mass is 9.90. The first-order chi connectivity index (χ1) is 9.27. The van der Waals surface area contributed by atoms with Gasteiger partial charge < -0.3 is 10.1 Å². The van der Waals surface area contributed by atoms with Crippen LogP contribution < -0.4 is 5.32 Å². The van der Waals surface area contributed by atoms with E-state index in [1.807, 2.05) is 26.2 Å². The van der Waals surface area contributed by atoms with Crippen LogP contribution in [0.1, 0.15) is 53.2 Å². The van der Waals surface area contributed by atoms with Crippen LogP contribution in [0.15, 0.2) is 5.38 Å². The molecule has 1 aromatic heterocycles. The minimum atomic E-state index is -0.698. The van der Waals surface area contributed by atoms with Crippen molar-refractivity contribution in [1.82, 2.24) is 4.98 Å². The summed E-state index contributed by atoms with van der Waals surface area (Å²) in [5.41, 5.74) is 0.148. The van der Waals surface area contributed by atoms with E-state index in [4.69, 9.17) is 4.74 Å². The Morgan fingerprint density at radius 1 is 1.45 bits per heavy atom. The molecule has 1 fully saturated rings. The van der Waals surface area contributed by atoms with E-state index in [9.17, 15) is 4.79 Å². The Balaban J connectivity index is 2.10. The second-order valence-corrected chi connectivity index (χ2v) is 7.36. The number of anilines is 1. The first-order valence-electron chi connectivity index (χ1n) is 7.18. The van der Waals surface area contributed by atoms with E-state index in [0.717, 1.165) is 16.7 Å². The third-order valence-electron chi connectivity index (χ3n) is 3.96. The molecule has 1 aliphatic carbocycles. The van der Waals surface area contributed by atoms with Crippen molar-refractivity contribution >= 4 is 22.4 Å². The maximum absolute atomic E-state index is 12.0. The van der Waals surface area contributed by atoms with Crippen molar-refractivity contribution in [2.75, 3.05) is 11.9 Å². The Bertz CT molecular complexity index is 490. The van der Waals surface area contributed by atoms with E-state index in [2.05, 4.69) is 24.1 Å². The van der Waals surface area contributed by atoms with E-state index in [-0.39, 0.29) is 11.5 Å². The highest BCUT2D eigenvalue weighted by molar-refractivity contribution is 7.13. The van der Waals surface area contributed by atoms with Gasteiger partial charge in [-0.25, -0.2) is 4.98 Å². The third-order valence-corrected chi connectivity index (χ3v) is 4.72. The van der Waals surface area contributed by atoms with Crippen molar-refractivity contribution in [2.24, 2.45) is 5.92 Å². The van der Waals surface area contributed by atoms with Crippen LogP contribution in [0.4, 0.5) is 5.13 Å². The zero-order chi connectivity index (χ0) is 15.0. The number of rotatable bonds is 6. The van der Waals surface area contributed by atoms with Gasteiger partial charge in [-0.15, -0.1) is 11.3 Å². The van der Waals surface area contributed by atoms with Crippen LogP contribution in [0.5, 0.6) is 0 Å². The fraction of sp³-hybridized carbons (Fsp3) is 0.733. The van der Waals surface area contributed by atoms with Crippen molar-refractivity contribution in [3.05, 3.63) is 11.1 Å². The van der Waals surface area contributed by atoms with Gasteiger partial charge in [-0.1, -0.05) is 0 Å². The van der Waals surface area contributed by atoms with Gasteiger partial charge in [0.1, 0.15) is 5.41 Å². The fourth-order valence-electron chi connectivity index (χ4n) is 2.22. The van der Waals surface area contributed by atoms with Gasteiger partial charge in [0.2, 0.25) is 0 Å². The third kappa shape index (κ3) is 3.14. The molecule has 5 heteroatoms. The predicted octanol–water partition coefficient (Wildman–Crippen LogP) is 3.58. The Labute approximate surface area is 124 Å². The topological polar surface area (TPSA) is 51.2 Å². The fourth-order valence-corrected chi connectivity index (χ4v) is 3.26. The largest absolute Gasteiger partial charge is 0.465 e. The first kappa shape index (κ1) is 15.3. The Morgan fingerprint density at radius 3 is 2.65 bits per heavy atom. The number of aromatic nitrogens is 1. The lowest BCUT2D eigenvalue weighted by Gasteiger charge is -2.26. The standard InChI is InChI=1S/C15H24N2O2S/c1-6-19-12(18)14(2,3)11-9-20-13(16-11)17-15(4,5)10-7-8-10/h9-10H,6-8H2,1-5H3,(H,16,17). The summed E-state index contributed by atoms with van der Waals surface area (Å²) in [6.07, 6.45) is 2.57. The van der Waals surface area contributed by atoms with Gasteiger partial charge in [-0.3, -0.25) is 4.79 Å². The highest BCUT2D eigenvalue weighted by Gasteiger charge is 2.39. The lowest BCUT2D eigenvalue weighted by molar-refractivity contribution is -0.148. The molecular formula is C15H24N2O2S. The molecule has 4 nitrogen and oxygen atoms in total. The van der Waals surface area contributed by atoms with Crippen molar-refractivity contribution in [2.45, 2.75) is 58.4 Å². The van der Waals surface area contributed by atoms with E-state index in [1.165, 1.54) is 12.8 Å². The quantitative estimate of drug-likeness (QED) is 0.815. The summed E-state index contributed by atoms with van der Waals surface area (Å²) in [5.74, 6) is 0.506. The van der Waals surface area contributed by atoms with Crippen molar-refractivity contribution in [3.63, 3.8) is 0 Å². The van der Waals surface area contributed by atoms with Crippen LogP contribution in [-0.4, -0.2) is 23.1 Å². The normalized spacial score (nSPS) is 16.1. The summed E-state index contributed by atoms with van der Waals surface area (Å²) in [7, 11) is 0. The Hall–Kier alpha value is -1.10. The molecule has 1 aromatic rings. The molecule has 0 aliphatic heterocycles. The molecule has 1 N–H and O–H groups in total. The van der Waals surface area contributed by atoms with Gasteiger partial charge in [0.15, 0.2) is 5.13 Å². The number of esters is 1. The van der Waals surface area contributed by atoms with Crippen LogP contribution in [0.25, 0.3) is 0 Å². The molecule has 1 saturated carbocycles. The molecule has 0 bridgehead atoms. The zero-order valence-corrected chi connectivity index (χ0v) is 13.8. The Kier molecular flexibility index (Phi) is 4.09. The minimum absolute atomic E-state index is 0.0726. The van der Waals surface area contributed by atoms with Crippen molar-refractivity contribution in [1.29, 1.82) is 0 Å². The maximum atomic E-state index is 12.0. The molecule has 1 heterocycles. The summed E-state index contributed by atoms with van der Waals surface area (Å²) in [5, 5.41) is 6.33. The van der Waals surface area contributed by atoms with Gasteiger partial charge in [0.05, 0.1) is 12.3 Å². The average molecular weight is 296 g/mol. The molecule has 0 radical (unpaired) electrons. The van der Waals surface area contributed by atoms with Crippen molar-refractivity contribution in [3.8, 4) is 0 Å². The first-order valence-corrected chi connectivity index (χ1v) is 8.06. The van der Waals surface area contributed by atoms with E-state index >= 15 is 0 Å². The molecule has 0 spiro atoms. The van der Waals surface area contributed by atoms with Gasteiger partial charge in [0, 0.05) is 10.9 Å². The van der Waals surface area contributed by atoms with Gasteiger partial charge in [-0.2, -0.15) is 0 Å². The second-order valence-electron chi connectivity index (χ2n) is 6.50. The molecule has 0 amide bonds. The molecular weight excluding hydrogens is 272 g/mol. The molecule has 20 heavy (non-hydrogen) atoms. The van der Waals surface area contributed by atoms with Gasteiger partial charge in [0.25, 0.3) is 0 Å². The zero-order valence-electron chi connectivity index (χ0n) is 12.9. The van der Waals surface area contributed by atoms with Crippen LogP contribution in [0.3, 0.4) is 0 Å². The summed E-state index contributed by atoms with van der Waals surface area (Å²) in [6.45, 7) is 10.3. The highest BCUT2D eigenvalue weighted by atomic mass is 32.1. The summed E-state index contributed by atoms with van der Waals surface area (Å²) >= 11 is 1.55. The maximum Gasteiger partial charge on any atom is 0.317 e. The van der Waals surface area contributed by atoms with Crippen LogP contribution in [-0.2, 0) is 14.9 Å². The number of nitrogens with one attached hydrogen (secondary N) is 1. The second kappa shape index (κ2) is 5.35. The molecule has 2 rings (SSSR count). The highest BCUT2D eigenvalue weighted by Crippen LogP contribution is 2.41. The van der Waals surface area contributed by atoms with Crippen LogP contribution >= 0.6 is 11.3 Å². The van der Waals surface area contributed by atoms with E-state index in [1.54, 1.807) is 11.3 Å². The number of nitrogens with zero attached hydrogens (tertiary/aromatic N) is 1. The van der Waals surface area contributed by atoms with Crippen LogP contribution in [0.2, 0.25) is 0 Å². The number of hydrogen-bond acceptors (Lipinski definition) is 5. The molecule has 1 aliphatic rings. The number of thiazole rings is 1. The number of carbonyl (C=O) groups is 1. The lowest BCUT2D eigenvalue weighted by Crippen LogP contribution is -2.34. The summed E-state index contributed by atoms with van der Waals surface area (Å²) < 4.78 is 5.12. The monoisotopic (exact) mass is 296 g/mol. The number of carbonyl (C=O) groups excluding carboxylic acids is 1. The number of hydrogen-bond donors (Lipinski definition) is 1. The van der Waals surface area contributed by atoms with E-state index in [0.29, 0.717) is 6.61 Å². The SMILES string of the molecule is CCOC(=O)C(C)(C)c1csc(NC(C)(C)C2CC2)n1.